The highest BCUT2D eigenvalue weighted by atomic mass is 15.1. The van der Waals surface area contributed by atoms with E-state index >= 15 is 0 Å². The number of aromatic amines is 1. The third-order valence-corrected chi connectivity index (χ3v) is 2.55. The van der Waals surface area contributed by atoms with E-state index in [2.05, 4.69) is 19.9 Å². The van der Waals surface area contributed by atoms with Gasteiger partial charge in [0.05, 0.1) is 6.33 Å². The molecule has 0 saturated carbocycles. The molecule has 0 bridgehead atoms. The molecule has 0 aromatic heterocycles. The summed E-state index contributed by atoms with van der Waals surface area (Å²) < 4.78 is 0. The van der Waals surface area contributed by atoms with Gasteiger partial charge in [0.25, 0.3) is 0 Å². The highest BCUT2D eigenvalue weighted by molar-refractivity contribution is 5.64. The van der Waals surface area contributed by atoms with Gasteiger partial charge in [-0.05, 0) is 5.56 Å². The van der Waals surface area contributed by atoms with E-state index in [1.54, 1.807) is 0 Å². The molecule has 0 saturated heterocycles. The number of fused-ring (bicyclic) bond motifs is 1. The number of hydrogen-bond acceptors (Lipinski definition) is 4. The average Bonchev–Trinajstić information content (AvgIpc) is 2.74. The molecule has 2 aliphatic heterocycles. The van der Waals surface area contributed by atoms with Gasteiger partial charge in [0.1, 0.15) is 17.3 Å². The number of hydrogen-bond donors (Lipinski definition) is 2. The van der Waals surface area contributed by atoms with Crippen molar-refractivity contribution in [2.75, 3.05) is 5.73 Å². The van der Waals surface area contributed by atoms with Crippen LogP contribution in [0.3, 0.4) is 0 Å². The second-order valence-corrected chi connectivity index (χ2v) is 3.79. The van der Waals surface area contributed by atoms with E-state index in [1.165, 1.54) is 11.9 Å². The van der Waals surface area contributed by atoms with Crippen LogP contribution in [0.25, 0.3) is 11.5 Å². The topological polar surface area (TPSA) is 80.5 Å². The lowest BCUT2D eigenvalue weighted by molar-refractivity contribution is 1.03. The van der Waals surface area contributed by atoms with Crippen LogP contribution in [-0.4, -0.2) is 19.9 Å². The first-order valence-corrected chi connectivity index (χ1v) is 5.32. The number of nitrogens with two attached hydrogens (primary N) is 1. The fourth-order valence-corrected chi connectivity index (χ4v) is 1.74. The first-order valence-electron chi connectivity index (χ1n) is 5.32. The number of aromatic nitrogens is 4. The van der Waals surface area contributed by atoms with Gasteiger partial charge in [-0.25, -0.2) is 15.0 Å². The van der Waals surface area contributed by atoms with Crippen molar-refractivity contribution >= 4 is 5.82 Å². The summed E-state index contributed by atoms with van der Waals surface area (Å²) >= 11 is 0. The zero-order chi connectivity index (χ0) is 11.7. The Labute approximate surface area is 98.1 Å². The van der Waals surface area contributed by atoms with Gasteiger partial charge in [-0.1, -0.05) is 30.3 Å². The van der Waals surface area contributed by atoms with Crippen LogP contribution in [0.4, 0.5) is 5.82 Å². The molecule has 1 aromatic carbocycles. The second kappa shape index (κ2) is 3.86. The molecule has 2 heterocycles. The normalized spacial score (nSPS) is 10.8. The Morgan fingerprint density at radius 1 is 1.12 bits per heavy atom. The van der Waals surface area contributed by atoms with E-state index in [0.29, 0.717) is 23.8 Å². The van der Waals surface area contributed by atoms with Crippen molar-refractivity contribution in [3.63, 3.8) is 0 Å². The largest absolute Gasteiger partial charge is 0.383 e. The lowest BCUT2D eigenvalue weighted by atomic mass is 10.1. The molecule has 0 radical (unpaired) electrons. The number of rotatable bonds is 2. The Kier molecular flexibility index (Phi) is 2.22. The lowest BCUT2D eigenvalue weighted by Crippen LogP contribution is -1.96. The Balaban J connectivity index is 1.97. The SMILES string of the molecule is Nc1[nH]cnc2nc(Cc3ccccc3)nc1-2. The number of imidazole rings is 1. The molecule has 0 aliphatic carbocycles. The van der Waals surface area contributed by atoms with E-state index in [1.807, 2.05) is 30.3 Å². The molecule has 2 aliphatic rings. The summed E-state index contributed by atoms with van der Waals surface area (Å²) in [5.74, 6) is 1.83. The van der Waals surface area contributed by atoms with Crippen LogP contribution in [-0.2, 0) is 6.42 Å². The van der Waals surface area contributed by atoms with Crippen LogP contribution in [0.1, 0.15) is 11.4 Å². The molecule has 3 N–H and O–H groups in total. The third-order valence-electron chi connectivity index (χ3n) is 2.55. The fourth-order valence-electron chi connectivity index (χ4n) is 1.74. The van der Waals surface area contributed by atoms with Crippen LogP contribution in [0.2, 0.25) is 0 Å². The quantitative estimate of drug-likeness (QED) is 0.692. The summed E-state index contributed by atoms with van der Waals surface area (Å²) in [7, 11) is 0. The smallest absolute Gasteiger partial charge is 0.185 e. The predicted molar refractivity (Wildman–Crippen MR) is 64.5 cm³/mol. The fraction of sp³-hybridized carbons (Fsp3) is 0.0833. The highest BCUT2D eigenvalue weighted by Gasteiger charge is 2.14. The summed E-state index contributed by atoms with van der Waals surface area (Å²) in [5, 5.41) is 0. The minimum absolute atomic E-state index is 0.502. The van der Waals surface area contributed by atoms with Gasteiger partial charge in [0.2, 0.25) is 0 Å². The van der Waals surface area contributed by atoms with Crippen molar-refractivity contribution in [3.8, 4) is 11.5 Å². The van der Waals surface area contributed by atoms with Crippen LogP contribution in [0, 0.1) is 0 Å². The molecule has 1 aromatic rings. The molecular formula is C12H11N5. The van der Waals surface area contributed by atoms with Gasteiger partial charge < -0.3 is 10.7 Å². The Hall–Kier alpha value is -2.43. The van der Waals surface area contributed by atoms with E-state index in [9.17, 15) is 0 Å². The zero-order valence-corrected chi connectivity index (χ0v) is 9.09. The van der Waals surface area contributed by atoms with Gasteiger partial charge >= 0.3 is 0 Å². The van der Waals surface area contributed by atoms with Crippen molar-refractivity contribution in [1.29, 1.82) is 0 Å². The summed E-state index contributed by atoms with van der Waals surface area (Å²) in [5.41, 5.74) is 7.57. The number of nitrogens with zero attached hydrogens (tertiary/aromatic N) is 3. The Morgan fingerprint density at radius 2 is 1.94 bits per heavy atom. The maximum Gasteiger partial charge on any atom is 0.185 e. The summed E-state index contributed by atoms with van der Waals surface area (Å²) in [6.07, 6.45) is 2.22. The van der Waals surface area contributed by atoms with Gasteiger partial charge in [0.15, 0.2) is 5.82 Å². The second-order valence-electron chi connectivity index (χ2n) is 3.79. The molecule has 5 heteroatoms. The summed E-state index contributed by atoms with van der Waals surface area (Å²) in [6.45, 7) is 0. The molecule has 84 valence electrons. The average molecular weight is 225 g/mol. The predicted octanol–water partition coefficient (Wildman–Crippen LogP) is 1.48. The number of H-pyrrole nitrogens is 1. The minimum atomic E-state index is 0.502. The number of nitrogen functional groups attached to an aromatic ring is 1. The molecule has 17 heavy (non-hydrogen) atoms. The number of anilines is 1. The van der Waals surface area contributed by atoms with E-state index in [-0.39, 0.29) is 0 Å². The summed E-state index contributed by atoms with van der Waals surface area (Å²) in [6, 6.07) is 10.1. The minimum Gasteiger partial charge on any atom is -0.383 e. The molecule has 0 amide bonds. The van der Waals surface area contributed by atoms with Crippen LogP contribution < -0.4 is 5.73 Å². The van der Waals surface area contributed by atoms with Crippen molar-refractivity contribution < 1.29 is 0 Å². The maximum absolute atomic E-state index is 5.76. The van der Waals surface area contributed by atoms with Crippen LogP contribution >= 0.6 is 0 Å². The molecule has 0 fully saturated rings. The molecule has 5 nitrogen and oxygen atoms in total. The molecular weight excluding hydrogens is 214 g/mol. The zero-order valence-electron chi connectivity index (χ0n) is 9.09. The van der Waals surface area contributed by atoms with E-state index in [4.69, 9.17) is 5.73 Å². The molecule has 3 rings (SSSR count). The highest BCUT2D eigenvalue weighted by Crippen LogP contribution is 2.21. The van der Waals surface area contributed by atoms with Gasteiger partial charge in [-0.2, -0.15) is 0 Å². The molecule has 0 unspecified atom stereocenters. The monoisotopic (exact) mass is 225 g/mol. The molecule has 0 atom stereocenters. The maximum atomic E-state index is 5.76. The van der Waals surface area contributed by atoms with Crippen molar-refractivity contribution in [1.82, 2.24) is 19.9 Å². The standard InChI is InChI=1S/C12H11N5/c13-11-10-12(15-7-14-11)17-9(16-10)6-8-4-2-1-3-5-8/h1-5,7H,6H2,(H3,13,14,15,16,17). The molecule has 0 spiro atoms. The van der Waals surface area contributed by atoms with E-state index in [0.717, 1.165) is 5.82 Å². The third kappa shape index (κ3) is 1.82. The Morgan fingerprint density at radius 3 is 2.71 bits per heavy atom. The Bertz CT molecular complexity index is 602. The lowest BCUT2D eigenvalue weighted by Gasteiger charge is -1.96. The van der Waals surface area contributed by atoms with Crippen LogP contribution in [0.5, 0.6) is 0 Å². The van der Waals surface area contributed by atoms with Crippen molar-refractivity contribution in [2.24, 2.45) is 0 Å². The van der Waals surface area contributed by atoms with Crippen molar-refractivity contribution in [2.45, 2.75) is 6.42 Å². The number of nitrogens with one attached hydrogen (secondary N) is 1. The van der Waals surface area contributed by atoms with Gasteiger partial charge in [0, 0.05) is 6.42 Å². The first-order chi connectivity index (χ1) is 8.33. The van der Waals surface area contributed by atoms with Crippen LogP contribution in [0.15, 0.2) is 36.7 Å². The van der Waals surface area contributed by atoms with Crippen molar-refractivity contribution in [3.05, 3.63) is 48.0 Å². The van der Waals surface area contributed by atoms with Gasteiger partial charge in [-0.3, -0.25) is 0 Å². The van der Waals surface area contributed by atoms with Gasteiger partial charge in [-0.15, -0.1) is 0 Å². The summed E-state index contributed by atoms with van der Waals surface area (Å²) in [4.78, 5) is 15.6. The number of benzene rings is 1. The first kappa shape index (κ1) is 9.77. The van der Waals surface area contributed by atoms with E-state index < -0.39 is 0 Å².